The van der Waals surface area contributed by atoms with Gasteiger partial charge in [-0.2, -0.15) is 0 Å². The first-order valence-corrected chi connectivity index (χ1v) is 8.76. The number of oxime groups is 1. The van der Waals surface area contributed by atoms with Gasteiger partial charge in [-0.3, -0.25) is 0 Å². The Labute approximate surface area is 160 Å². The minimum absolute atomic E-state index is 0.201. The van der Waals surface area contributed by atoms with Crippen molar-refractivity contribution in [3.05, 3.63) is 102 Å². The van der Waals surface area contributed by atoms with Crippen molar-refractivity contribution < 1.29 is 9.57 Å². The number of nitrogens with zero attached hydrogens (tertiary/aromatic N) is 1. The molecule has 0 aromatic heterocycles. The van der Waals surface area contributed by atoms with Crippen molar-refractivity contribution in [2.24, 2.45) is 5.16 Å². The monoisotopic (exact) mass is 355 g/mol. The standard InChI is InChI=1S/C24H21NO2/c1-19(21-14-16-23(26-2)17-15-21)27-25-24(22-11-7-4-8-12-22)18-13-20-9-5-3-6-10-20/h3-12,14-17,19H,1-2H3/b25-24+. The fourth-order valence-electron chi connectivity index (χ4n) is 2.46. The minimum atomic E-state index is -0.201. The third-order valence-corrected chi connectivity index (χ3v) is 4.03. The number of methoxy groups -OCH3 is 1. The average Bonchev–Trinajstić information content (AvgIpc) is 2.75. The number of hydrogen-bond acceptors (Lipinski definition) is 3. The average molecular weight is 355 g/mol. The van der Waals surface area contributed by atoms with Gasteiger partial charge >= 0.3 is 0 Å². The van der Waals surface area contributed by atoms with Gasteiger partial charge < -0.3 is 9.57 Å². The van der Waals surface area contributed by atoms with Gasteiger partial charge in [-0.25, -0.2) is 0 Å². The molecular weight excluding hydrogens is 334 g/mol. The van der Waals surface area contributed by atoms with E-state index in [1.54, 1.807) is 7.11 Å². The van der Waals surface area contributed by atoms with Crippen LogP contribution < -0.4 is 4.74 Å². The van der Waals surface area contributed by atoms with Crippen LogP contribution in [0.3, 0.4) is 0 Å². The van der Waals surface area contributed by atoms with Crippen molar-refractivity contribution in [2.75, 3.05) is 7.11 Å². The van der Waals surface area contributed by atoms with E-state index in [-0.39, 0.29) is 6.10 Å². The molecule has 0 saturated heterocycles. The highest BCUT2D eigenvalue weighted by molar-refractivity contribution is 6.12. The summed E-state index contributed by atoms with van der Waals surface area (Å²) in [6.45, 7) is 1.96. The SMILES string of the molecule is COc1ccc(C(C)O/N=C(\C#Cc2ccccc2)c2ccccc2)cc1. The molecular formula is C24H21NO2. The molecule has 3 aromatic rings. The minimum Gasteiger partial charge on any atom is -0.497 e. The fraction of sp³-hybridized carbons (Fsp3) is 0.125. The summed E-state index contributed by atoms with van der Waals surface area (Å²) in [7, 11) is 1.65. The van der Waals surface area contributed by atoms with Crippen molar-refractivity contribution in [1.29, 1.82) is 0 Å². The number of rotatable bonds is 5. The van der Waals surface area contributed by atoms with Gasteiger partial charge in [-0.1, -0.05) is 71.7 Å². The van der Waals surface area contributed by atoms with E-state index in [4.69, 9.17) is 9.57 Å². The Hall–Kier alpha value is -3.51. The highest BCUT2D eigenvalue weighted by Crippen LogP contribution is 2.20. The summed E-state index contributed by atoms with van der Waals surface area (Å²) in [6, 6.07) is 27.4. The van der Waals surface area contributed by atoms with Crippen molar-refractivity contribution >= 4 is 5.71 Å². The molecule has 0 bridgehead atoms. The molecule has 3 rings (SSSR count). The van der Waals surface area contributed by atoms with E-state index in [0.29, 0.717) is 5.71 Å². The van der Waals surface area contributed by atoms with E-state index in [2.05, 4.69) is 17.0 Å². The maximum atomic E-state index is 5.75. The van der Waals surface area contributed by atoms with Gasteiger partial charge in [0.1, 0.15) is 11.9 Å². The molecule has 1 atom stereocenters. The highest BCUT2D eigenvalue weighted by Gasteiger charge is 2.08. The van der Waals surface area contributed by atoms with Crippen LogP contribution in [0.4, 0.5) is 0 Å². The van der Waals surface area contributed by atoms with Crippen LogP contribution in [0, 0.1) is 11.8 Å². The summed E-state index contributed by atoms with van der Waals surface area (Å²) in [5.74, 6) is 7.09. The van der Waals surface area contributed by atoms with Gasteiger partial charge in [-0.05, 0) is 42.7 Å². The van der Waals surface area contributed by atoms with Crippen LogP contribution in [-0.2, 0) is 4.84 Å². The molecule has 0 N–H and O–H groups in total. The second kappa shape index (κ2) is 9.26. The van der Waals surface area contributed by atoms with Gasteiger partial charge in [0.15, 0.2) is 5.71 Å². The second-order valence-corrected chi connectivity index (χ2v) is 5.94. The lowest BCUT2D eigenvalue weighted by molar-refractivity contribution is 0.0728. The first-order valence-electron chi connectivity index (χ1n) is 8.76. The van der Waals surface area contributed by atoms with E-state index in [1.165, 1.54) is 0 Å². The highest BCUT2D eigenvalue weighted by atomic mass is 16.6. The molecule has 0 fully saturated rings. The lowest BCUT2D eigenvalue weighted by atomic mass is 10.1. The molecule has 3 heteroatoms. The van der Waals surface area contributed by atoms with E-state index in [1.807, 2.05) is 91.9 Å². The summed E-state index contributed by atoms with van der Waals surface area (Å²) in [5.41, 5.74) is 3.47. The summed E-state index contributed by atoms with van der Waals surface area (Å²) < 4.78 is 5.19. The molecule has 3 nitrogen and oxygen atoms in total. The lowest BCUT2D eigenvalue weighted by Crippen LogP contribution is -2.02. The summed E-state index contributed by atoms with van der Waals surface area (Å²) in [5, 5.41) is 4.34. The van der Waals surface area contributed by atoms with Gasteiger partial charge in [-0.15, -0.1) is 0 Å². The van der Waals surface area contributed by atoms with E-state index >= 15 is 0 Å². The van der Waals surface area contributed by atoms with Crippen molar-refractivity contribution in [2.45, 2.75) is 13.0 Å². The molecule has 1 unspecified atom stereocenters. The zero-order valence-corrected chi connectivity index (χ0v) is 15.4. The van der Waals surface area contributed by atoms with Gasteiger partial charge in [0.05, 0.1) is 7.11 Å². The Morgan fingerprint density at radius 3 is 2.11 bits per heavy atom. The lowest BCUT2D eigenvalue weighted by Gasteiger charge is -2.11. The second-order valence-electron chi connectivity index (χ2n) is 5.94. The molecule has 3 aromatic carbocycles. The molecule has 0 amide bonds. The summed E-state index contributed by atoms with van der Waals surface area (Å²) in [4.78, 5) is 5.75. The Morgan fingerprint density at radius 1 is 0.852 bits per heavy atom. The largest absolute Gasteiger partial charge is 0.497 e. The Morgan fingerprint density at radius 2 is 1.48 bits per heavy atom. The van der Waals surface area contributed by atoms with Gasteiger partial charge in [0, 0.05) is 11.1 Å². The number of ether oxygens (including phenoxy) is 1. The third kappa shape index (κ3) is 5.23. The van der Waals surface area contributed by atoms with Crippen LogP contribution in [0.25, 0.3) is 0 Å². The zero-order chi connectivity index (χ0) is 18.9. The molecule has 0 aliphatic carbocycles. The van der Waals surface area contributed by atoms with Crippen molar-refractivity contribution in [1.82, 2.24) is 0 Å². The van der Waals surface area contributed by atoms with E-state index in [0.717, 1.165) is 22.4 Å². The topological polar surface area (TPSA) is 30.8 Å². The Bertz CT molecular complexity index is 936. The Balaban J connectivity index is 1.82. The molecule has 0 aliphatic rings. The predicted molar refractivity (Wildman–Crippen MR) is 109 cm³/mol. The van der Waals surface area contributed by atoms with Crippen LogP contribution in [0.15, 0.2) is 90.1 Å². The van der Waals surface area contributed by atoms with Crippen LogP contribution >= 0.6 is 0 Å². The first kappa shape index (κ1) is 18.3. The molecule has 27 heavy (non-hydrogen) atoms. The molecule has 0 saturated carbocycles. The summed E-state index contributed by atoms with van der Waals surface area (Å²) >= 11 is 0. The molecule has 0 spiro atoms. The maximum absolute atomic E-state index is 5.75. The van der Waals surface area contributed by atoms with Crippen molar-refractivity contribution in [3.8, 4) is 17.6 Å². The van der Waals surface area contributed by atoms with Crippen LogP contribution in [0.1, 0.15) is 29.7 Å². The fourth-order valence-corrected chi connectivity index (χ4v) is 2.46. The quantitative estimate of drug-likeness (QED) is 0.356. The van der Waals surface area contributed by atoms with Crippen molar-refractivity contribution in [3.63, 3.8) is 0 Å². The van der Waals surface area contributed by atoms with Gasteiger partial charge in [0.25, 0.3) is 0 Å². The first-order chi connectivity index (χ1) is 13.3. The smallest absolute Gasteiger partial charge is 0.160 e. The zero-order valence-electron chi connectivity index (χ0n) is 15.4. The molecule has 0 radical (unpaired) electrons. The number of benzene rings is 3. The predicted octanol–water partition coefficient (Wildman–Crippen LogP) is 5.23. The molecule has 134 valence electrons. The number of hydrogen-bond donors (Lipinski definition) is 0. The molecule has 0 heterocycles. The van der Waals surface area contributed by atoms with E-state index in [9.17, 15) is 0 Å². The normalized spacial score (nSPS) is 11.9. The summed E-state index contributed by atoms with van der Waals surface area (Å²) in [6.07, 6.45) is -0.201. The third-order valence-electron chi connectivity index (χ3n) is 4.03. The van der Waals surface area contributed by atoms with E-state index < -0.39 is 0 Å². The van der Waals surface area contributed by atoms with Crippen LogP contribution in [0.5, 0.6) is 5.75 Å². The maximum Gasteiger partial charge on any atom is 0.160 e. The molecule has 0 aliphatic heterocycles. The Kier molecular flexibility index (Phi) is 6.27. The van der Waals surface area contributed by atoms with Crippen LogP contribution in [0.2, 0.25) is 0 Å². The van der Waals surface area contributed by atoms with Gasteiger partial charge in [0.2, 0.25) is 0 Å². The van der Waals surface area contributed by atoms with Crippen LogP contribution in [-0.4, -0.2) is 12.8 Å².